The molecule has 0 aromatic heterocycles. The Labute approximate surface area is 158 Å². The van der Waals surface area contributed by atoms with E-state index in [4.69, 9.17) is 11.6 Å². The van der Waals surface area contributed by atoms with Crippen molar-refractivity contribution in [2.24, 2.45) is 4.99 Å². The molecule has 0 N–H and O–H groups in total. The average Bonchev–Trinajstić information content (AvgIpc) is 2.78. The predicted octanol–water partition coefficient (Wildman–Crippen LogP) is 4.23. The van der Waals surface area contributed by atoms with Gasteiger partial charge in [0.05, 0.1) is 16.5 Å². The van der Waals surface area contributed by atoms with E-state index in [1.165, 1.54) is 12.1 Å². The van der Waals surface area contributed by atoms with E-state index in [2.05, 4.69) is 4.99 Å². The van der Waals surface area contributed by atoms with Gasteiger partial charge in [0.15, 0.2) is 15.8 Å². The highest BCUT2D eigenvalue weighted by molar-refractivity contribution is 8.15. The molecule has 1 saturated heterocycles. The highest BCUT2D eigenvalue weighted by atomic mass is 35.5. The lowest BCUT2D eigenvalue weighted by atomic mass is 10.3. The van der Waals surface area contributed by atoms with Gasteiger partial charge < -0.3 is 4.55 Å². The Bertz CT molecular complexity index is 724. The normalized spacial score (nSPS) is 18.7. The summed E-state index contributed by atoms with van der Waals surface area (Å²) in [7, 11) is 0. The van der Waals surface area contributed by atoms with Crippen LogP contribution in [0, 0.1) is 0 Å². The molecule has 1 heterocycles. The molecule has 1 fully saturated rings. The number of aliphatic imine (C=N–C) groups is 1. The molecule has 1 aliphatic rings. The molecule has 0 radical (unpaired) electrons. The lowest BCUT2D eigenvalue weighted by Crippen LogP contribution is -2.38. The third kappa shape index (κ3) is 6.00. The first-order valence-corrected chi connectivity index (χ1v) is 9.68. The smallest absolute Gasteiger partial charge is 0.406 e. The van der Waals surface area contributed by atoms with Crippen molar-refractivity contribution in [1.29, 1.82) is 0 Å². The second-order valence-electron chi connectivity index (χ2n) is 5.45. The Hall–Kier alpha value is -1.04. The van der Waals surface area contributed by atoms with Gasteiger partial charge in [-0.1, -0.05) is 23.4 Å². The average molecular weight is 435 g/mol. The van der Waals surface area contributed by atoms with Crippen molar-refractivity contribution in [2.75, 3.05) is 18.1 Å². The molecule has 0 bridgehead atoms. The number of hydrogen-bond acceptors (Lipinski definition) is 4. The molecule has 1 unspecified atom stereocenters. The molecule has 0 saturated carbocycles. The molecule has 1 aromatic rings. The SMILES string of the molecule is CC(F)(F)C[S+]([O-])c1cc(/N=C2\SCC(=O)N2CC(F)(F)F)ccc1Cl. The molecular formula is C14H12ClF5N2O2S2. The fourth-order valence-electron chi connectivity index (χ4n) is 1.97. The second-order valence-corrected chi connectivity index (χ2v) is 8.22. The maximum Gasteiger partial charge on any atom is 0.406 e. The fraction of sp³-hybridized carbons (Fsp3) is 0.429. The fourth-order valence-corrected chi connectivity index (χ4v) is 4.40. The quantitative estimate of drug-likeness (QED) is 0.515. The Morgan fingerprint density at radius 3 is 2.58 bits per heavy atom. The number of alkyl halides is 5. The zero-order valence-electron chi connectivity index (χ0n) is 13.1. The molecule has 4 nitrogen and oxygen atoms in total. The lowest BCUT2D eigenvalue weighted by molar-refractivity contribution is -0.150. The summed E-state index contributed by atoms with van der Waals surface area (Å²) in [5.74, 6) is -5.08. The van der Waals surface area contributed by atoms with E-state index in [9.17, 15) is 31.3 Å². The zero-order chi connectivity index (χ0) is 19.7. The Kier molecular flexibility index (Phi) is 6.47. The maximum absolute atomic E-state index is 13.1. The Morgan fingerprint density at radius 1 is 1.35 bits per heavy atom. The zero-order valence-corrected chi connectivity index (χ0v) is 15.5. The first kappa shape index (κ1) is 21.3. The van der Waals surface area contributed by atoms with Gasteiger partial charge in [-0.15, -0.1) is 0 Å². The molecule has 26 heavy (non-hydrogen) atoms. The summed E-state index contributed by atoms with van der Waals surface area (Å²) < 4.78 is 75.9. The van der Waals surface area contributed by atoms with Crippen LogP contribution in [0.2, 0.25) is 5.02 Å². The van der Waals surface area contributed by atoms with Crippen LogP contribution in [0.15, 0.2) is 28.1 Å². The molecule has 1 amide bonds. The molecule has 1 aliphatic heterocycles. The van der Waals surface area contributed by atoms with Gasteiger partial charge in [-0.25, -0.2) is 13.8 Å². The summed E-state index contributed by atoms with van der Waals surface area (Å²) >= 11 is 4.56. The number of amidine groups is 1. The number of rotatable bonds is 5. The van der Waals surface area contributed by atoms with Gasteiger partial charge in [0, 0.05) is 13.0 Å². The molecule has 2 rings (SSSR count). The standard InChI is InChI=1S/C14H12ClF5N2O2S2/c1-13(16,17)7-26(24)10-4-8(2-3-9(10)15)21-12-22(6-14(18,19)20)11(23)5-25-12/h2-4H,5-7H2,1H3/b21-12-. The Balaban J connectivity index is 2.30. The number of nitrogens with zero attached hydrogens (tertiary/aromatic N) is 2. The van der Waals surface area contributed by atoms with Crippen LogP contribution >= 0.6 is 23.4 Å². The highest BCUT2D eigenvalue weighted by Gasteiger charge is 2.39. The summed E-state index contributed by atoms with van der Waals surface area (Å²) in [4.78, 5) is 16.0. The van der Waals surface area contributed by atoms with Crippen molar-refractivity contribution < 1.29 is 31.3 Å². The lowest BCUT2D eigenvalue weighted by Gasteiger charge is -2.18. The largest absolute Gasteiger partial charge is 0.611 e. The number of carbonyl (C=O) groups excluding carboxylic acids is 1. The molecule has 0 spiro atoms. The summed E-state index contributed by atoms with van der Waals surface area (Å²) in [6.45, 7) is -0.870. The summed E-state index contributed by atoms with van der Waals surface area (Å²) in [6.07, 6.45) is -4.60. The molecule has 144 valence electrons. The van der Waals surface area contributed by atoms with Gasteiger partial charge in [-0.05, 0) is 23.3 Å². The van der Waals surface area contributed by atoms with Crippen molar-refractivity contribution in [3.05, 3.63) is 23.2 Å². The monoisotopic (exact) mass is 434 g/mol. The maximum atomic E-state index is 13.1. The van der Waals surface area contributed by atoms with Gasteiger partial charge in [0.2, 0.25) is 5.91 Å². The van der Waals surface area contributed by atoms with Crippen LogP contribution in [0.4, 0.5) is 27.6 Å². The second kappa shape index (κ2) is 7.91. The number of carbonyl (C=O) groups is 1. The number of thioether (sulfide) groups is 1. The first-order chi connectivity index (χ1) is 11.9. The van der Waals surface area contributed by atoms with Crippen molar-refractivity contribution in [2.45, 2.75) is 23.9 Å². The van der Waals surface area contributed by atoms with Crippen LogP contribution in [0.5, 0.6) is 0 Å². The van der Waals surface area contributed by atoms with Crippen LogP contribution in [0.3, 0.4) is 0 Å². The third-order valence-corrected chi connectivity index (χ3v) is 5.96. The van der Waals surface area contributed by atoms with Crippen molar-refractivity contribution in [1.82, 2.24) is 4.90 Å². The number of hydrogen-bond donors (Lipinski definition) is 0. The van der Waals surface area contributed by atoms with Crippen molar-refractivity contribution in [3.8, 4) is 0 Å². The molecule has 12 heteroatoms. The number of amides is 1. The molecule has 1 atom stereocenters. The van der Waals surface area contributed by atoms with E-state index in [1.807, 2.05) is 0 Å². The third-order valence-electron chi connectivity index (χ3n) is 2.96. The van der Waals surface area contributed by atoms with E-state index in [0.29, 0.717) is 11.8 Å². The van der Waals surface area contributed by atoms with Gasteiger partial charge in [-0.3, -0.25) is 9.69 Å². The van der Waals surface area contributed by atoms with Gasteiger partial charge in [0.1, 0.15) is 6.54 Å². The van der Waals surface area contributed by atoms with Crippen LogP contribution in [-0.4, -0.2) is 50.7 Å². The summed E-state index contributed by atoms with van der Waals surface area (Å²) in [5.41, 5.74) is 0.0570. The number of benzene rings is 1. The predicted molar refractivity (Wildman–Crippen MR) is 90.7 cm³/mol. The molecule has 1 aromatic carbocycles. The Morgan fingerprint density at radius 2 is 2.00 bits per heavy atom. The van der Waals surface area contributed by atoms with Crippen LogP contribution < -0.4 is 0 Å². The van der Waals surface area contributed by atoms with Gasteiger partial charge in [0.25, 0.3) is 5.92 Å². The van der Waals surface area contributed by atoms with Gasteiger partial charge in [-0.2, -0.15) is 13.2 Å². The van der Waals surface area contributed by atoms with E-state index in [0.717, 1.165) is 17.8 Å². The topological polar surface area (TPSA) is 55.7 Å². The highest BCUT2D eigenvalue weighted by Crippen LogP contribution is 2.32. The minimum Gasteiger partial charge on any atom is -0.611 e. The van der Waals surface area contributed by atoms with Gasteiger partial charge >= 0.3 is 6.18 Å². The molecular weight excluding hydrogens is 423 g/mol. The first-order valence-electron chi connectivity index (χ1n) is 7.00. The van der Waals surface area contributed by atoms with E-state index in [1.54, 1.807) is 0 Å². The van der Waals surface area contributed by atoms with E-state index in [-0.39, 0.29) is 26.5 Å². The van der Waals surface area contributed by atoms with Crippen LogP contribution in [-0.2, 0) is 16.0 Å². The van der Waals surface area contributed by atoms with Crippen LogP contribution in [0.25, 0.3) is 0 Å². The molecule has 0 aliphatic carbocycles. The number of halogens is 6. The van der Waals surface area contributed by atoms with Crippen molar-refractivity contribution in [3.63, 3.8) is 0 Å². The summed E-state index contributed by atoms with van der Waals surface area (Å²) in [6, 6.07) is 3.75. The van der Waals surface area contributed by atoms with Crippen LogP contribution in [0.1, 0.15) is 6.92 Å². The summed E-state index contributed by atoms with van der Waals surface area (Å²) in [5, 5.41) is -0.203. The van der Waals surface area contributed by atoms with Crippen molar-refractivity contribution >= 4 is 51.3 Å². The minimum atomic E-state index is -4.60. The van der Waals surface area contributed by atoms with E-state index >= 15 is 0 Å². The minimum absolute atomic E-state index is 0.0289. The van der Waals surface area contributed by atoms with E-state index < -0.39 is 41.5 Å².